The van der Waals surface area contributed by atoms with Gasteiger partial charge in [0.25, 0.3) is 6.17 Å². The van der Waals surface area contributed by atoms with E-state index in [2.05, 4.69) is 31.3 Å². The molecule has 142 valence electrons. The number of H-pyrrole nitrogens is 1. The second kappa shape index (κ2) is 6.91. The number of rotatable bonds is 3. The van der Waals surface area contributed by atoms with Gasteiger partial charge in [-0.15, -0.1) is 0 Å². The number of aromatic hydroxyl groups is 1. The minimum absolute atomic E-state index is 0.321. The van der Waals surface area contributed by atoms with Crippen molar-refractivity contribution < 1.29 is 14.7 Å². The van der Waals surface area contributed by atoms with Crippen molar-refractivity contribution in [2.24, 2.45) is 0 Å². The summed E-state index contributed by atoms with van der Waals surface area (Å²) in [5, 5.41) is 29.2. The summed E-state index contributed by atoms with van der Waals surface area (Å²) in [5.41, 5.74) is 1.41. The van der Waals surface area contributed by atoms with Crippen LogP contribution in [0.15, 0.2) is 50.8 Å². The van der Waals surface area contributed by atoms with E-state index in [1.807, 2.05) is 12.1 Å². The Labute approximate surface area is 170 Å². The maximum absolute atomic E-state index is 12.8. The van der Waals surface area contributed by atoms with Crippen LogP contribution in [0.3, 0.4) is 0 Å². The third kappa shape index (κ3) is 3.02. The van der Waals surface area contributed by atoms with Crippen molar-refractivity contribution in [3.05, 3.63) is 66.9 Å². The summed E-state index contributed by atoms with van der Waals surface area (Å²) < 4.78 is 2.31. The number of hydrogen-bond acceptors (Lipinski definition) is 7. The van der Waals surface area contributed by atoms with Crippen LogP contribution in [0.25, 0.3) is 11.3 Å². The topological polar surface area (TPSA) is 125 Å². The molecule has 1 aliphatic heterocycles. The molecular weight excluding hydrogens is 450 g/mol. The third-order valence-electron chi connectivity index (χ3n) is 4.34. The van der Waals surface area contributed by atoms with E-state index in [1.165, 1.54) is 28.6 Å². The van der Waals surface area contributed by atoms with Gasteiger partial charge in [0.05, 0.1) is 21.7 Å². The van der Waals surface area contributed by atoms with Crippen LogP contribution in [-0.2, 0) is 0 Å². The first-order valence-corrected chi connectivity index (χ1v) is 10.0. The Hall–Kier alpha value is -2.92. The summed E-state index contributed by atoms with van der Waals surface area (Å²) in [6, 6.07) is 9.54. The lowest BCUT2D eigenvalue weighted by atomic mass is 10.0. The van der Waals surface area contributed by atoms with Crippen molar-refractivity contribution in [3.63, 3.8) is 0 Å². The van der Waals surface area contributed by atoms with Crippen LogP contribution < -0.4 is 15.6 Å². The van der Waals surface area contributed by atoms with E-state index < -0.39 is 22.5 Å². The van der Waals surface area contributed by atoms with Crippen molar-refractivity contribution in [2.75, 3.05) is 11.6 Å². The molecule has 3 N–H and O–H groups in total. The monoisotopic (exact) mass is 462 g/mol. The molecule has 1 aliphatic rings. The van der Waals surface area contributed by atoms with Crippen LogP contribution in [-0.4, -0.2) is 26.4 Å². The number of nitrogens with zero attached hydrogens (tertiary/aromatic N) is 3. The number of aromatic nitrogens is 3. The molecule has 0 spiro atoms. The maximum Gasteiger partial charge on any atom is 0.325 e. The summed E-state index contributed by atoms with van der Waals surface area (Å²) in [6.45, 7) is 0. The molecular formula is C17H13BrN5O4S+. The number of halogens is 1. The number of nitrogens with one attached hydrogen (secondary N) is 2. The van der Waals surface area contributed by atoms with Gasteiger partial charge in [-0.2, -0.15) is 0 Å². The number of nitro benzene ring substituents is 1. The van der Waals surface area contributed by atoms with E-state index in [4.69, 9.17) is 0 Å². The molecule has 0 radical (unpaired) electrons. The van der Waals surface area contributed by atoms with Gasteiger partial charge >= 0.3 is 16.9 Å². The normalized spacial score (nSPS) is 14.7. The predicted octanol–water partition coefficient (Wildman–Crippen LogP) is 2.80. The molecule has 9 nitrogen and oxygen atoms in total. The molecule has 0 unspecified atom stereocenters. The lowest BCUT2D eigenvalue weighted by Crippen LogP contribution is -2.55. The van der Waals surface area contributed by atoms with Crippen LogP contribution in [0.5, 0.6) is 5.75 Å². The molecule has 4 rings (SSSR count). The molecule has 1 aromatic heterocycles. The van der Waals surface area contributed by atoms with Gasteiger partial charge in [-0.3, -0.25) is 19.9 Å². The van der Waals surface area contributed by atoms with Crippen molar-refractivity contribution >= 4 is 39.1 Å². The quantitative estimate of drug-likeness (QED) is 0.236. The SMILES string of the molecule is CSc1n[n+]2c(c(=O)[nH]1)-c1cc(Br)ccc1N[C@H]2c1ccc(O)c([N+](=O)[O-])c1. The van der Waals surface area contributed by atoms with Crippen molar-refractivity contribution in [2.45, 2.75) is 11.3 Å². The fourth-order valence-corrected chi connectivity index (χ4v) is 3.81. The van der Waals surface area contributed by atoms with Crippen LogP contribution in [0.1, 0.15) is 11.7 Å². The Morgan fingerprint density at radius 2 is 2.11 bits per heavy atom. The van der Waals surface area contributed by atoms with Gasteiger partial charge in [-0.25, -0.2) is 0 Å². The molecule has 0 bridgehead atoms. The van der Waals surface area contributed by atoms with E-state index >= 15 is 0 Å². The molecule has 0 saturated carbocycles. The molecule has 0 fully saturated rings. The Bertz CT molecular complexity index is 1180. The summed E-state index contributed by atoms with van der Waals surface area (Å²) >= 11 is 4.69. The van der Waals surface area contributed by atoms with Gasteiger partial charge in [0, 0.05) is 15.6 Å². The number of aromatic amines is 1. The van der Waals surface area contributed by atoms with E-state index in [1.54, 1.807) is 18.4 Å². The number of anilines is 1. The molecule has 2 aromatic carbocycles. The lowest BCUT2D eigenvalue weighted by molar-refractivity contribution is -0.759. The summed E-state index contributed by atoms with van der Waals surface area (Å²) in [5.74, 6) is -0.428. The first kappa shape index (κ1) is 18.4. The molecule has 3 aromatic rings. The number of phenols is 1. The van der Waals surface area contributed by atoms with Crippen LogP contribution in [0, 0.1) is 10.1 Å². The van der Waals surface area contributed by atoms with Crippen LogP contribution in [0.2, 0.25) is 0 Å². The first-order valence-electron chi connectivity index (χ1n) is 8.03. The third-order valence-corrected chi connectivity index (χ3v) is 5.41. The average molecular weight is 463 g/mol. The second-order valence-corrected chi connectivity index (χ2v) is 7.71. The van der Waals surface area contributed by atoms with E-state index in [0.717, 1.165) is 4.47 Å². The molecule has 0 saturated heterocycles. The Morgan fingerprint density at radius 3 is 2.82 bits per heavy atom. The highest BCUT2D eigenvalue weighted by Gasteiger charge is 2.38. The van der Waals surface area contributed by atoms with Crippen molar-refractivity contribution in [1.29, 1.82) is 0 Å². The number of hydrogen-bond donors (Lipinski definition) is 3. The lowest BCUT2D eigenvalue weighted by Gasteiger charge is -2.22. The fraction of sp³-hybridized carbons (Fsp3) is 0.118. The first-order chi connectivity index (χ1) is 13.4. The zero-order chi connectivity index (χ0) is 20.0. The van der Waals surface area contributed by atoms with Crippen molar-refractivity contribution in [1.82, 2.24) is 10.1 Å². The smallest absolute Gasteiger partial charge is 0.325 e. The molecule has 0 aliphatic carbocycles. The highest BCUT2D eigenvalue weighted by atomic mass is 79.9. The molecule has 2 heterocycles. The summed E-state index contributed by atoms with van der Waals surface area (Å²) in [6.07, 6.45) is 1.11. The minimum Gasteiger partial charge on any atom is -0.502 e. The van der Waals surface area contributed by atoms with Gasteiger partial charge < -0.3 is 10.4 Å². The number of phenolic OH excluding ortho intramolecular Hbond substituents is 1. The van der Waals surface area contributed by atoms with E-state index in [-0.39, 0.29) is 5.56 Å². The van der Waals surface area contributed by atoms with Gasteiger partial charge in [0.2, 0.25) is 5.16 Å². The number of fused-ring (bicyclic) bond motifs is 3. The Balaban J connectivity index is 1.98. The highest BCUT2D eigenvalue weighted by molar-refractivity contribution is 9.10. The average Bonchev–Trinajstić information content (AvgIpc) is 2.67. The molecule has 28 heavy (non-hydrogen) atoms. The molecule has 0 amide bonds. The summed E-state index contributed by atoms with van der Waals surface area (Å²) in [7, 11) is 0. The Kier molecular flexibility index (Phi) is 4.55. The zero-order valence-corrected chi connectivity index (χ0v) is 16.7. The molecule has 11 heteroatoms. The fourth-order valence-electron chi connectivity index (χ4n) is 3.09. The van der Waals surface area contributed by atoms with Gasteiger partial charge in [0.1, 0.15) is 0 Å². The Morgan fingerprint density at radius 1 is 1.32 bits per heavy atom. The minimum atomic E-state index is -0.670. The van der Waals surface area contributed by atoms with Crippen molar-refractivity contribution in [3.8, 4) is 17.0 Å². The van der Waals surface area contributed by atoms with Gasteiger partial charge in [0.15, 0.2) is 5.75 Å². The van der Waals surface area contributed by atoms with Crippen LogP contribution >= 0.6 is 27.7 Å². The van der Waals surface area contributed by atoms with Crippen LogP contribution in [0.4, 0.5) is 11.4 Å². The predicted molar refractivity (Wildman–Crippen MR) is 106 cm³/mol. The largest absolute Gasteiger partial charge is 0.502 e. The van der Waals surface area contributed by atoms with Gasteiger partial charge in [-0.1, -0.05) is 27.7 Å². The highest BCUT2D eigenvalue weighted by Crippen LogP contribution is 2.35. The second-order valence-electron chi connectivity index (χ2n) is 6.00. The number of nitro groups is 1. The maximum atomic E-state index is 12.8. The number of thioether (sulfide) groups is 1. The number of benzene rings is 2. The van der Waals surface area contributed by atoms with E-state index in [0.29, 0.717) is 27.7 Å². The standard InChI is InChI=1S/C17H12BrN5O4S/c1-28-17-20-16(25)14-10-7-9(18)3-4-11(10)19-15(22(14)21-17)8-2-5-13(24)12(6-8)23(26)27/h2-7,15H,1H3,(H2,20,21,24,25)/p+1/t15-/m1/s1. The van der Waals surface area contributed by atoms with Gasteiger partial charge in [-0.05, 0) is 41.3 Å². The summed E-state index contributed by atoms with van der Waals surface area (Å²) in [4.78, 5) is 26.1. The molecule has 1 atom stereocenters. The van der Waals surface area contributed by atoms with E-state index in [9.17, 15) is 20.0 Å². The zero-order valence-electron chi connectivity index (χ0n) is 14.3.